The van der Waals surface area contributed by atoms with Crippen molar-refractivity contribution in [1.82, 2.24) is 9.88 Å². The predicted molar refractivity (Wildman–Crippen MR) is 63.1 cm³/mol. The van der Waals surface area contributed by atoms with Crippen molar-refractivity contribution in [3.63, 3.8) is 0 Å². The van der Waals surface area contributed by atoms with Crippen molar-refractivity contribution < 1.29 is 27.9 Å². The van der Waals surface area contributed by atoms with Gasteiger partial charge in [0.05, 0.1) is 12.0 Å². The molecule has 1 rings (SSSR count). The molecule has 9 heteroatoms. The van der Waals surface area contributed by atoms with E-state index in [1.807, 2.05) is 0 Å². The molecule has 0 aliphatic heterocycles. The summed E-state index contributed by atoms with van der Waals surface area (Å²) in [7, 11) is 1.33. The van der Waals surface area contributed by atoms with Crippen LogP contribution in [0.4, 0.5) is 23.8 Å². The first kappa shape index (κ1) is 15.7. The molecule has 1 heterocycles. The Labute approximate surface area is 112 Å². The van der Waals surface area contributed by atoms with Crippen LogP contribution in [0.1, 0.15) is 12.0 Å². The third-order valence-corrected chi connectivity index (χ3v) is 2.33. The lowest BCUT2D eigenvalue weighted by Crippen LogP contribution is -2.33. The number of hydrogen-bond donors (Lipinski definition) is 2. The molecule has 0 spiro atoms. The van der Waals surface area contributed by atoms with Gasteiger partial charge in [0.2, 0.25) is 0 Å². The Morgan fingerprint density at radius 1 is 1.45 bits per heavy atom. The van der Waals surface area contributed by atoms with Crippen LogP contribution in [0, 0.1) is 0 Å². The van der Waals surface area contributed by atoms with E-state index in [9.17, 15) is 22.8 Å². The van der Waals surface area contributed by atoms with E-state index < -0.39 is 23.7 Å². The van der Waals surface area contributed by atoms with Gasteiger partial charge in [0.1, 0.15) is 5.82 Å². The maximum absolute atomic E-state index is 12.5. The van der Waals surface area contributed by atoms with Gasteiger partial charge in [-0.2, -0.15) is 13.2 Å². The fraction of sp³-hybridized carbons (Fsp3) is 0.364. The average Bonchev–Trinajstić information content (AvgIpc) is 2.35. The molecule has 0 saturated carbocycles. The highest BCUT2D eigenvalue weighted by Crippen LogP contribution is 2.29. The van der Waals surface area contributed by atoms with Crippen LogP contribution >= 0.6 is 0 Å². The summed E-state index contributed by atoms with van der Waals surface area (Å²) in [5.41, 5.74) is -0.934. The van der Waals surface area contributed by atoms with Gasteiger partial charge in [-0.05, 0) is 12.1 Å². The minimum Gasteiger partial charge on any atom is -0.481 e. The number of aliphatic carboxylic acids is 1. The molecule has 6 nitrogen and oxygen atoms in total. The molecule has 2 amide bonds. The van der Waals surface area contributed by atoms with E-state index in [2.05, 4.69) is 10.3 Å². The van der Waals surface area contributed by atoms with Crippen molar-refractivity contribution in [1.29, 1.82) is 0 Å². The van der Waals surface area contributed by atoms with Crippen molar-refractivity contribution in [2.45, 2.75) is 12.6 Å². The first-order valence-electron chi connectivity index (χ1n) is 5.47. The number of carboxylic acids is 1. The highest BCUT2D eigenvalue weighted by atomic mass is 19.4. The molecule has 2 N–H and O–H groups in total. The van der Waals surface area contributed by atoms with E-state index >= 15 is 0 Å². The van der Waals surface area contributed by atoms with Crippen LogP contribution < -0.4 is 5.32 Å². The number of urea groups is 1. The SMILES string of the molecule is CN(CCC(=O)O)C(=O)Nc1cc(C(F)(F)F)ccn1. The molecule has 0 saturated heterocycles. The fourth-order valence-electron chi connectivity index (χ4n) is 1.25. The number of nitrogens with one attached hydrogen (secondary N) is 1. The number of aromatic nitrogens is 1. The highest BCUT2D eigenvalue weighted by molar-refractivity contribution is 5.88. The normalized spacial score (nSPS) is 11.0. The number of halogens is 3. The van der Waals surface area contributed by atoms with Gasteiger partial charge in [-0.3, -0.25) is 10.1 Å². The standard InChI is InChI=1S/C11H12F3N3O3/c1-17(5-3-9(18)19)10(20)16-8-6-7(2-4-15-8)11(12,13)14/h2,4,6H,3,5H2,1H3,(H,18,19)(H,15,16,20). The van der Waals surface area contributed by atoms with Gasteiger partial charge in [-0.25, -0.2) is 9.78 Å². The van der Waals surface area contributed by atoms with Gasteiger partial charge < -0.3 is 10.0 Å². The molecule has 0 atom stereocenters. The zero-order valence-corrected chi connectivity index (χ0v) is 10.4. The molecule has 0 bridgehead atoms. The van der Waals surface area contributed by atoms with Crippen molar-refractivity contribution in [3.8, 4) is 0 Å². The average molecular weight is 291 g/mol. The van der Waals surface area contributed by atoms with E-state index in [0.717, 1.165) is 17.2 Å². The summed E-state index contributed by atoms with van der Waals surface area (Å²) in [4.78, 5) is 26.6. The van der Waals surface area contributed by atoms with Gasteiger partial charge in [-0.15, -0.1) is 0 Å². The number of nitrogens with zero attached hydrogens (tertiary/aromatic N) is 2. The maximum atomic E-state index is 12.5. The molecule has 1 aromatic heterocycles. The third-order valence-electron chi connectivity index (χ3n) is 2.33. The van der Waals surface area contributed by atoms with Crippen LogP contribution in [0.25, 0.3) is 0 Å². The van der Waals surface area contributed by atoms with E-state index in [4.69, 9.17) is 5.11 Å². The molecule has 0 radical (unpaired) electrons. The molecule has 0 aliphatic carbocycles. The zero-order valence-electron chi connectivity index (χ0n) is 10.4. The van der Waals surface area contributed by atoms with Crippen LogP contribution in [0.3, 0.4) is 0 Å². The first-order valence-corrected chi connectivity index (χ1v) is 5.47. The first-order chi connectivity index (χ1) is 9.20. The fourth-order valence-corrected chi connectivity index (χ4v) is 1.25. The van der Waals surface area contributed by atoms with Gasteiger partial charge in [0, 0.05) is 19.8 Å². The lowest BCUT2D eigenvalue weighted by atomic mass is 10.2. The van der Waals surface area contributed by atoms with Crippen molar-refractivity contribution in [2.24, 2.45) is 0 Å². The third kappa shape index (κ3) is 4.75. The number of carbonyl (C=O) groups is 2. The summed E-state index contributed by atoms with van der Waals surface area (Å²) < 4.78 is 37.4. The van der Waals surface area contributed by atoms with Crippen molar-refractivity contribution in [2.75, 3.05) is 18.9 Å². The van der Waals surface area contributed by atoms with E-state index in [0.29, 0.717) is 6.07 Å². The maximum Gasteiger partial charge on any atom is 0.416 e. The quantitative estimate of drug-likeness (QED) is 0.889. The summed E-state index contributed by atoms with van der Waals surface area (Å²) >= 11 is 0. The Kier molecular flexibility index (Phi) is 4.89. The predicted octanol–water partition coefficient (Wildman–Crippen LogP) is 2.04. The largest absolute Gasteiger partial charge is 0.481 e. The van der Waals surface area contributed by atoms with Gasteiger partial charge in [0.15, 0.2) is 0 Å². The minimum absolute atomic E-state index is 0.0693. The van der Waals surface area contributed by atoms with Crippen LogP contribution in [-0.4, -0.2) is 40.6 Å². The van der Waals surface area contributed by atoms with Crippen LogP contribution in [-0.2, 0) is 11.0 Å². The molecule has 110 valence electrons. The number of alkyl halides is 3. The van der Waals surface area contributed by atoms with Crippen LogP contribution in [0.2, 0.25) is 0 Å². The Hall–Kier alpha value is -2.32. The number of carboxylic acid groups (broad SMARTS) is 1. The Morgan fingerprint density at radius 3 is 2.65 bits per heavy atom. The molecular formula is C11H12F3N3O3. The molecule has 1 aromatic rings. The summed E-state index contributed by atoms with van der Waals surface area (Å²) in [5, 5.41) is 10.6. The van der Waals surface area contributed by atoms with Crippen molar-refractivity contribution >= 4 is 17.8 Å². The van der Waals surface area contributed by atoms with E-state index in [1.165, 1.54) is 7.05 Å². The molecular weight excluding hydrogens is 279 g/mol. The smallest absolute Gasteiger partial charge is 0.416 e. The molecule has 0 aliphatic rings. The number of amides is 2. The Balaban J connectivity index is 2.69. The topological polar surface area (TPSA) is 82.5 Å². The second kappa shape index (κ2) is 6.22. The molecule has 20 heavy (non-hydrogen) atoms. The second-order valence-electron chi connectivity index (χ2n) is 3.92. The molecule has 0 aromatic carbocycles. The number of rotatable bonds is 4. The number of pyridine rings is 1. The molecule has 0 fully saturated rings. The van der Waals surface area contributed by atoms with Gasteiger partial charge in [-0.1, -0.05) is 0 Å². The summed E-state index contributed by atoms with van der Waals surface area (Å²) in [6.07, 6.45) is -3.87. The lowest BCUT2D eigenvalue weighted by molar-refractivity contribution is -0.138. The van der Waals surface area contributed by atoms with Gasteiger partial charge >= 0.3 is 18.2 Å². The molecule has 0 unspecified atom stereocenters. The monoisotopic (exact) mass is 291 g/mol. The van der Waals surface area contributed by atoms with E-state index in [-0.39, 0.29) is 18.8 Å². The Morgan fingerprint density at radius 2 is 2.10 bits per heavy atom. The van der Waals surface area contributed by atoms with E-state index in [1.54, 1.807) is 0 Å². The van der Waals surface area contributed by atoms with Crippen molar-refractivity contribution in [3.05, 3.63) is 23.9 Å². The number of carbonyl (C=O) groups excluding carboxylic acids is 1. The van der Waals surface area contributed by atoms with Crippen LogP contribution in [0.15, 0.2) is 18.3 Å². The zero-order chi connectivity index (χ0) is 15.3. The summed E-state index contributed by atoms with van der Waals surface area (Å²) in [6.45, 7) is -0.0693. The van der Waals surface area contributed by atoms with Crippen LogP contribution in [0.5, 0.6) is 0 Å². The summed E-state index contributed by atoms with van der Waals surface area (Å²) in [5.74, 6) is -1.34. The summed E-state index contributed by atoms with van der Waals surface area (Å²) in [6, 6.07) is 0.741. The minimum atomic E-state index is -4.53. The highest BCUT2D eigenvalue weighted by Gasteiger charge is 2.30. The Bertz CT molecular complexity index is 505. The van der Waals surface area contributed by atoms with Gasteiger partial charge in [0.25, 0.3) is 0 Å². The lowest BCUT2D eigenvalue weighted by Gasteiger charge is -2.17. The number of hydrogen-bond acceptors (Lipinski definition) is 3. The number of anilines is 1. The second-order valence-corrected chi connectivity index (χ2v) is 3.92.